The van der Waals surface area contributed by atoms with Gasteiger partial charge >= 0.3 is 0 Å². The molecule has 1 fully saturated rings. The van der Waals surface area contributed by atoms with Crippen LogP contribution in [0.15, 0.2) is 22.7 Å². The van der Waals surface area contributed by atoms with Gasteiger partial charge in [-0.2, -0.15) is 4.98 Å². The lowest BCUT2D eigenvalue weighted by molar-refractivity contribution is 0.0850. The average molecular weight is 305 g/mol. The van der Waals surface area contributed by atoms with E-state index in [4.69, 9.17) is 9.26 Å². The molecule has 1 aliphatic heterocycles. The zero-order chi connectivity index (χ0) is 15.6. The van der Waals surface area contributed by atoms with Crippen molar-refractivity contribution in [3.8, 4) is 11.4 Å². The third-order valence-electron chi connectivity index (χ3n) is 4.28. The van der Waals surface area contributed by atoms with Gasteiger partial charge in [-0.15, -0.1) is 0 Å². The van der Waals surface area contributed by atoms with E-state index in [1.165, 1.54) is 6.07 Å². The molecule has 0 radical (unpaired) electrons. The van der Waals surface area contributed by atoms with Crippen molar-refractivity contribution in [2.45, 2.75) is 25.2 Å². The zero-order valence-electron chi connectivity index (χ0n) is 12.9. The van der Waals surface area contributed by atoms with Crippen molar-refractivity contribution in [2.24, 2.45) is 0 Å². The standard InChI is InChI=1S/C16H20FN3O2/c1-11-9-12(3-4-13(11)17)14-19-15(22-20-14)16(10-21-2)5-7-18-8-6-16/h3-4,9,18H,5-8,10H2,1-2H3. The molecule has 0 aliphatic carbocycles. The van der Waals surface area contributed by atoms with Crippen LogP contribution >= 0.6 is 0 Å². The highest BCUT2D eigenvalue weighted by Crippen LogP contribution is 2.34. The maximum absolute atomic E-state index is 13.4. The second-order valence-electron chi connectivity index (χ2n) is 5.85. The van der Waals surface area contributed by atoms with Crippen LogP contribution in [0.3, 0.4) is 0 Å². The molecule has 0 bridgehead atoms. The maximum atomic E-state index is 13.4. The van der Waals surface area contributed by atoms with E-state index < -0.39 is 0 Å². The van der Waals surface area contributed by atoms with Crippen LogP contribution in [0.2, 0.25) is 0 Å². The Balaban J connectivity index is 1.92. The highest BCUT2D eigenvalue weighted by atomic mass is 19.1. The number of hydrogen-bond acceptors (Lipinski definition) is 5. The van der Waals surface area contributed by atoms with Gasteiger partial charge in [0.1, 0.15) is 5.82 Å². The minimum Gasteiger partial charge on any atom is -0.384 e. The first-order chi connectivity index (χ1) is 10.6. The van der Waals surface area contributed by atoms with E-state index in [0.29, 0.717) is 23.9 Å². The third kappa shape index (κ3) is 2.76. The molecule has 3 rings (SSSR count). The molecule has 1 aromatic carbocycles. The Labute approximate surface area is 128 Å². The Kier molecular flexibility index (Phi) is 4.22. The average Bonchev–Trinajstić information content (AvgIpc) is 3.02. The predicted molar refractivity (Wildman–Crippen MR) is 80.1 cm³/mol. The lowest BCUT2D eigenvalue weighted by Gasteiger charge is -2.33. The molecule has 0 amide bonds. The van der Waals surface area contributed by atoms with E-state index >= 15 is 0 Å². The van der Waals surface area contributed by atoms with Crippen LogP contribution in [0.4, 0.5) is 4.39 Å². The molecule has 5 nitrogen and oxygen atoms in total. The summed E-state index contributed by atoms with van der Waals surface area (Å²) in [5.74, 6) is 0.863. The molecule has 1 aliphatic rings. The highest BCUT2D eigenvalue weighted by molar-refractivity contribution is 5.55. The van der Waals surface area contributed by atoms with Gasteiger partial charge in [-0.05, 0) is 56.6 Å². The Hall–Kier alpha value is -1.79. The second kappa shape index (κ2) is 6.14. The van der Waals surface area contributed by atoms with E-state index in [1.807, 2.05) is 0 Å². The number of ether oxygens (including phenoxy) is 1. The predicted octanol–water partition coefficient (Wildman–Crippen LogP) is 2.45. The number of methoxy groups -OCH3 is 1. The van der Waals surface area contributed by atoms with Crippen LogP contribution in [0.5, 0.6) is 0 Å². The molecule has 1 N–H and O–H groups in total. The van der Waals surface area contributed by atoms with Gasteiger partial charge in [-0.3, -0.25) is 0 Å². The van der Waals surface area contributed by atoms with Crippen LogP contribution in [0.25, 0.3) is 11.4 Å². The molecule has 6 heteroatoms. The van der Waals surface area contributed by atoms with E-state index in [2.05, 4.69) is 15.5 Å². The SMILES string of the molecule is COCC1(c2nc(-c3ccc(F)c(C)c3)no2)CCNCC1. The van der Waals surface area contributed by atoms with Gasteiger partial charge in [0.2, 0.25) is 11.7 Å². The summed E-state index contributed by atoms with van der Waals surface area (Å²) in [7, 11) is 1.68. The molecule has 22 heavy (non-hydrogen) atoms. The number of piperidine rings is 1. The molecule has 2 aromatic rings. The second-order valence-corrected chi connectivity index (χ2v) is 5.85. The normalized spacial score (nSPS) is 17.6. The molecule has 2 heterocycles. The number of nitrogens with zero attached hydrogens (tertiary/aromatic N) is 2. The van der Waals surface area contributed by atoms with Gasteiger partial charge in [0, 0.05) is 12.7 Å². The molecule has 0 spiro atoms. The number of aromatic nitrogens is 2. The molecule has 118 valence electrons. The number of aryl methyl sites for hydroxylation is 1. The Morgan fingerprint density at radius 2 is 2.14 bits per heavy atom. The van der Waals surface area contributed by atoms with Crippen LogP contribution in [0, 0.1) is 12.7 Å². The minimum absolute atomic E-state index is 0.235. The minimum atomic E-state index is -0.236. The fourth-order valence-corrected chi connectivity index (χ4v) is 2.94. The molecule has 0 saturated carbocycles. The summed E-state index contributed by atoms with van der Waals surface area (Å²) in [6.07, 6.45) is 1.79. The molecule has 0 atom stereocenters. The molecular weight excluding hydrogens is 285 g/mol. The number of nitrogens with one attached hydrogen (secondary N) is 1. The quantitative estimate of drug-likeness (QED) is 0.940. The van der Waals surface area contributed by atoms with Crippen LogP contribution in [0.1, 0.15) is 24.3 Å². The molecule has 0 unspecified atom stereocenters. The molecule has 1 aromatic heterocycles. The van der Waals surface area contributed by atoms with Gasteiger partial charge in [0.05, 0.1) is 12.0 Å². The van der Waals surface area contributed by atoms with Crippen molar-refractivity contribution >= 4 is 0 Å². The summed E-state index contributed by atoms with van der Waals surface area (Å²) in [5, 5.41) is 7.41. The summed E-state index contributed by atoms with van der Waals surface area (Å²) in [6.45, 7) is 4.07. The van der Waals surface area contributed by atoms with Gasteiger partial charge in [-0.25, -0.2) is 4.39 Å². The van der Waals surface area contributed by atoms with Crippen molar-refractivity contribution in [2.75, 3.05) is 26.8 Å². The van der Waals surface area contributed by atoms with Gasteiger partial charge in [-0.1, -0.05) is 5.16 Å². The van der Waals surface area contributed by atoms with Crippen molar-refractivity contribution < 1.29 is 13.7 Å². The first-order valence-corrected chi connectivity index (χ1v) is 7.45. The summed E-state index contributed by atoms with van der Waals surface area (Å²) in [4.78, 5) is 4.56. The summed E-state index contributed by atoms with van der Waals surface area (Å²) in [6, 6.07) is 4.83. The van der Waals surface area contributed by atoms with E-state index in [-0.39, 0.29) is 11.2 Å². The van der Waals surface area contributed by atoms with Gasteiger partial charge in [0.25, 0.3) is 0 Å². The number of benzene rings is 1. The largest absolute Gasteiger partial charge is 0.384 e. The maximum Gasteiger partial charge on any atom is 0.235 e. The van der Waals surface area contributed by atoms with E-state index in [9.17, 15) is 4.39 Å². The Bertz CT molecular complexity index is 645. The topological polar surface area (TPSA) is 60.2 Å². The van der Waals surface area contributed by atoms with Crippen LogP contribution < -0.4 is 5.32 Å². The van der Waals surface area contributed by atoms with E-state index in [0.717, 1.165) is 31.5 Å². The van der Waals surface area contributed by atoms with Gasteiger partial charge < -0.3 is 14.6 Å². The zero-order valence-corrected chi connectivity index (χ0v) is 12.9. The summed E-state index contributed by atoms with van der Waals surface area (Å²) >= 11 is 0. The van der Waals surface area contributed by atoms with Crippen LogP contribution in [-0.4, -0.2) is 36.9 Å². The van der Waals surface area contributed by atoms with Crippen molar-refractivity contribution in [3.63, 3.8) is 0 Å². The Morgan fingerprint density at radius 3 is 2.82 bits per heavy atom. The smallest absolute Gasteiger partial charge is 0.235 e. The summed E-state index contributed by atoms with van der Waals surface area (Å²) < 4.78 is 24.3. The first kappa shape index (κ1) is 15.1. The van der Waals surface area contributed by atoms with E-state index in [1.54, 1.807) is 26.2 Å². The van der Waals surface area contributed by atoms with Crippen molar-refractivity contribution in [3.05, 3.63) is 35.5 Å². The highest BCUT2D eigenvalue weighted by Gasteiger charge is 2.39. The fraction of sp³-hybridized carbons (Fsp3) is 0.500. The van der Waals surface area contributed by atoms with Gasteiger partial charge in [0.15, 0.2) is 0 Å². The molecule has 1 saturated heterocycles. The Morgan fingerprint density at radius 1 is 1.36 bits per heavy atom. The van der Waals surface area contributed by atoms with Crippen molar-refractivity contribution in [1.82, 2.24) is 15.5 Å². The van der Waals surface area contributed by atoms with Crippen molar-refractivity contribution in [1.29, 1.82) is 0 Å². The first-order valence-electron chi connectivity index (χ1n) is 7.45. The lowest BCUT2D eigenvalue weighted by atomic mass is 9.79. The third-order valence-corrected chi connectivity index (χ3v) is 4.28. The monoisotopic (exact) mass is 305 g/mol. The lowest BCUT2D eigenvalue weighted by Crippen LogP contribution is -2.43. The fourth-order valence-electron chi connectivity index (χ4n) is 2.94. The number of rotatable bonds is 4. The number of hydrogen-bond donors (Lipinski definition) is 1. The number of halogens is 1. The molecular formula is C16H20FN3O2. The summed E-state index contributed by atoms with van der Waals surface area (Å²) in [5.41, 5.74) is 1.09. The van der Waals surface area contributed by atoms with Crippen LogP contribution in [-0.2, 0) is 10.2 Å².